The van der Waals surface area contributed by atoms with Crippen molar-refractivity contribution in [2.45, 2.75) is 31.5 Å². The summed E-state index contributed by atoms with van der Waals surface area (Å²) in [6, 6.07) is 15.8. The fourth-order valence-corrected chi connectivity index (χ4v) is 4.04. The number of hydrogen-bond donors (Lipinski definition) is 1. The van der Waals surface area contributed by atoms with Crippen molar-refractivity contribution in [2.24, 2.45) is 5.73 Å². The molecule has 1 aliphatic heterocycles. The van der Waals surface area contributed by atoms with Gasteiger partial charge in [0.25, 0.3) is 0 Å². The number of carbonyl (C=O) groups is 1. The van der Waals surface area contributed by atoms with Gasteiger partial charge >= 0.3 is 0 Å². The third kappa shape index (κ3) is 4.71. The molecule has 1 amide bonds. The minimum Gasteiger partial charge on any atom is -0.493 e. The zero-order valence-electron chi connectivity index (χ0n) is 17.7. The van der Waals surface area contributed by atoms with Crippen molar-refractivity contribution in [1.29, 1.82) is 0 Å². The van der Waals surface area contributed by atoms with Crippen molar-refractivity contribution in [3.05, 3.63) is 59.7 Å². The van der Waals surface area contributed by atoms with Gasteiger partial charge in [0.2, 0.25) is 5.91 Å². The van der Waals surface area contributed by atoms with Crippen molar-refractivity contribution >= 4 is 5.91 Å². The molecule has 2 N–H and O–H groups in total. The number of ether oxygens (including phenoxy) is 2. The number of amides is 1. The number of benzene rings is 2. The van der Waals surface area contributed by atoms with E-state index in [0.29, 0.717) is 18.0 Å². The summed E-state index contributed by atoms with van der Waals surface area (Å²) < 4.78 is 10.6. The van der Waals surface area contributed by atoms with Gasteiger partial charge in [-0.05, 0) is 30.2 Å². The fraction of sp³-hybridized carbons (Fsp3) is 0.435. The molecule has 2 aromatic carbocycles. The number of hydrogen-bond acceptors (Lipinski definition) is 5. The lowest BCUT2D eigenvalue weighted by atomic mass is 9.95. The molecule has 29 heavy (non-hydrogen) atoms. The van der Waals surface area contributed by atoms with Crippen molar-refractivity contribution in [1.82, 2.24) is 9.80 Å². The molecule has 0 spiro atoms. The van der Waals surface area contributed by atoms with Crippen LogP contribution in [0.15, 0.2) is 48.5 Å². The van der Waals surface area contributed by atoms with E-state index in [0.717, 1.165) is 18.7 Å². The van der Waals surface area contributed by atoms with Crippen molar-refractivity contribution in [2.75, 3.05) is 34.4 Å². The molecule has 1 heterocycles. The number of nitrogens with zero attached hydrogens (tertiary/aromatic N) is 2. The van der Waals surface area contributed by atoms with Gasteiger partial charge < -0.3 is 20.1 Å². The maximum atomic E-state index is 13.0. The molecule has 6 heteroatoms. The number of nitrogens with two attached hydrogens (primary N) is 1. The summed E-state index contributed by atoms with van der Waals surface area (Å²) in [5.74, 6) is 1.68. The molecular weight excluding hydrogens is 366 g/mol. The van der Waals surface area contributed by atoms with Crippen molar-refractivity contribution in [3.63, 3.8) is 0 Å². The molecule has 0 aromatic heterocycles. The summed E-state index contributed by atoms with van der Waals surface area (Å²) in [7, 11) is 5.05. The first kappa shape index (κ1) is 21.1. The number of likely N-dealkylation sites (tertiary alicyclic amines) is 1. The van der Waals surface area contributed by atoms with Gasteiger partial charge in [-0.1, -0.05) is 36.4 Å². The summed E-state index contributed by atoms with van der Waals surface area (Å²) in [5, 5.41) is 0. The van der Waals surface area contributed by atoms with E-state index >= 15 is 0 Å². The lowest BCUT2D eigenvalue weighted by Gasteiger charge is -2.28. The molecular formula is C23H31N3O3. The van der Waals surface area contributed by atoms with Crippen LogP contribution in [0.2, 0.25) is 0 Å². The Bertz CT molecular complexity index is 827. The Hall–Kier alpha value is -2.57. The lowest BCUT2D eigenvalue weighted by molar-refractivity contribution is -0.135. The minimum absolute atomic E-state index is 0.0313. The Labute approximate surface area is 173 Å². The van der Waals surface area contributed by atoms with E-state index in [1.807, 2.05) is 50.4 Å². The average molecular weight is 398 g/mol. The second-order valence-corrected chi connectivity index (χ2v) is 7.69. The van der Waals surface area contributed by atoms with Crippen LogP contribution in [-0.4, -0.2) is 62.1 Å². The molecule has 1 saturated heterocycles. The zero-order valence-corrected chi connectivity index (χ0v) is 17.7. The molecule has 156 valence electrons. The SMILES string of the molecule is COc1ccc(CN(C)C(=O)C(C)N2C[C@@H](N)[C@H](c3ccccc3)C2)cc1OC. The largest absolute Gasteiger partial charge is 0.493 e. The number of rotatable bonds is 7. The Morgan fingerprint density at radius 2 is 1.83 bits per heavy atom. The van der Waals surface area contributed by atoms with Crippen LogP contribution >= 0.6 is 0 Å². The molecule has 0 saturated carbocycles. The molecule has 1 unspecified atom stereocenters. The number of methoxy groups -OCH3 is 2. The van der Waals surface area contributed by atoms with Gasteiger partial charge in [-0.15, -0.1) is 0 Å². The van der Waals surface area contributed by atoms with E-state index in [1.165, 1.54) is 5.56 Å². The molecule has 2 aromatic rings. The van der Waals surface area contributed by atoms with Gasteiger partial charge in [0.1, 0.15) is 0 Å². The highest BCUT2D eigenvalue weighted by Gasteiger charge is 2.36. The minimum atomic E-state index is -0.222. The molecule has 6 nitrogen and oxygen atoms in total. The molecule has 1 aliphatic rings. The number of likely N-dealkylation sites (N-methyl/N-ethyl adjacent to an activating group) is 1. The van der Waals surface area contributed by atoms with E-state index in [2.05, 4.69) is 17.0 Å². The van der Waals surface area contributed by atoms with Gasteiger partial charge in [-0.2, -0.15) is 0 Å². The second kappa shape index (κ2) is 9.29. The van der Waals surface area contributed by atoms with Gasteiger partial charge in [0, 0.05) is 38.6 Å². The first-order valence-electron chi connectivity index (χ1n) is 9.95. The summed E-state index contributed by atoms with van der Waals surface area (Å²) in [4.78, 5) is 17.0. The van der Waals surface area contributed by atoms with Crippen LogP contribution in [0.25, 0.3) is 0 Å². The van der Waals surface area contributed by atoms with E-state index in [4.69, 9.17) is 15.2 Å². The molecule has 1 fully saturated rings. The van der Waals surface area contributed by atoms with Crippen LogP contribution in [0.1, 0.15) is 24.0 Å². The topological polar surface area (TPSA) is 68.0 Å². The molecule has 3 atom stereocenters. The molecule has 0 aliphatic carbocycles. The van der Waals surface area contributed by atoms with E-state index in [-0.39, 0.29) is 23.9 Å². The maximum Gasteiger partial charge on any atom is 0.239 e. The fourth-order valence-electron chi connectivity index (χ4n) is 4.04. The van der Waals surface area contributed by atoms with E-state index < -0.39 is 0 Å². The summed E-state index contributed by atoms with van der Waals surface area (Å²) in [6.45, 7) is 3.98. The first-order valence-corrected chi connectivity index (χ1v) is 9.95. The van der Waals surface area contributed by atoms with Gasteiger partial charge in [-0.25, -0.2) is 0 Å². The standard InChI is InChI=1S/C23H31N3O3/c1-16(26-14-19(20(24)15-26)18-8-6-5-7-9-18)23(27)25(2)13-17-10-11-21(28-3)22(12-17)29-4/h5-12,16,19-20H,13-15,24H2,1-4H3/t16?,19-,20+/m0/s1. The predicted molar refractivity (Wildman–Crippen MR) is 114 cm³/mol. The smallest absolute Gasteiger partial charge is 0.239 e. The van der Waals surface area contributed by atoms with Crippen LogP contribution < -0.4 is 15.2 Å². The van der Waals surface area contributed by atoms with Crippen molar-refractivity contribution < 1.29 is 14.3 Å². The lowest BCUT2D eigenvalue weighted by Crippen LogP contribution is -2.45. The third-order valence-corrected chi connectivity index (χ3v) is 5.77. The predicted octanol–water partition coefficient (Wildman–Crippen LogP) is 2.48. The summed E-state index contributed by atoms with van der Waals surface area (Å²) in [6.07, 6.45) is 0. The maximum absolute atomic E-state index is 13.0. The second-order valence-electron chi connectivity index (χ2n) is 7.69. The van der Waals surface area contributed by atoms with Gasteiger partial charge in [0.05, 0.1) is 20.3 Å². The van der Waals surface area contributed by atoms with Crippen LogP contribution in [0.3, 0.4) is 0 Å². The number of carbonyl (C=O) groups excluding carboxylic acids is 1. The van der Waals surface area contributed by atoms with Crippen LogP contribution in [0.4, 0.5) is 0 Å². The highest BCUT2D eigenvalue weighted by molar-refractivity contribution is 5.81. The van der Waals surface area contributed by atoms with Crippen LogP contribution in [0, 0.1) is 0 Å². The van der Waals surface area contributed by atoms with E-state index in [9.17, 15) is 4.79 Å². The van der Waals surface area contributed by atoms with E-state index in [1.54, 1.807) is 19.1 Å². The molecule has 3 rings (SSSR count). The highest BCUT2D eigenvalue weighted by Crippen LogP contribution is 2.29. The Morgan fingerprint density at radius 1 is 1.14 bits per heavy atom. The van der Waals surface area contributed by atoms with Crippen molar-refractivity contribution in [3.8, 4) is 11.5 Å². The highest BCUT2D eigenvalue weighted by atomic mass is 16.5. The zero-order chi connectivity index (χ0) is 21.0. The Morgan fingerprint density at radius 3 is 2.48 bits per heavy atom. The van der Waals surface area contributed by atoms with Crippen LogP contribution in [0.5, 0.6) is 11.5 Å². The quantitative estimate of drug-likeness (QED) is 0.777. The normalized spacial score (nSPS) is 20.3. The summed E-state index contributed by atoms with van der Waals surface area (Å²) in [5.41, 5.74) is 8.63. The average Bonchev–Trinajstić information content (AvgIpc) is 3.14. The third-order valence-electron chi connectivity index (χ3n) is 5.77. The monoisotopic (exact) mass is 397 g/mol. The first-order chi connectivity index (χ1) is 13.9. The molecule has 0 bridgehead atoms. The van der Waals surface area contributed by atoms with Gasteiger partial charge in [0.15, 0.2) is 11.5 Å². The Balaban J connectivity index is 1.64. The van der Waals surface area contributed by atoms with Crippen LogP contribution in [-0.2, 0) is 11.3 Å². The summed E-state index contributed by atoms with van der Waals surface area (Å²) >= 11 is 0. The Kier molecular flexibility index (Phi) is 6.77. The molecule has 0 radical (unpaired) electrons. The van der Waals surface area contributed by atoms with Gasteiger partial charge in [-0.3, -0.25) is 9.69 Å².